The number of nitrogens with one attached hydrogen (secondary N) is 2. The number of thiazole rings is 1. The Hall–Kier alpha value is -4.57. The highest BCUT2D eigenvalue weighted by molar-refractivity contribution is 7.91. The lowest BCUT2D eigenvalue weighted by Crippen LogP contribution is -2.58. The van der Waals surface area contributed by atoms with Gasteiger partial charge in [0, 0.05) is 34.2 Å². The number of aromatic nitrogens is 2. The molecule has 6 atom stereocenters. The highest BCUT2D eigenvalue weighted by Crippen LogP contribution is 2.48. The molecule has 2 saturated carbocycles. The summed E-state index contributed by atoms with van der Waals surface area (Å²) >= 11 is 1.47. The van der Waals surface area contributed by atoms with Gasteiger partial charge in [0.2, 0.25) is 21.8 Å². The van der Waals surface area contributed by atoms with Crippen molar-refractivity contribution in [2.45, 2.75) is 136 Å². The zero-order chi connectivity index (χ0) is 45.2. The number of carbonyl (C=O) groups excluding carboxylic acids is 4. The number of fused-ring (bicyclic) bond motifs is 1. The Kier molecular flexibility index (Phi) is 12.3. The Morgan fingerprint density at radius 1 is 1.08 bits per heavy atom. The van der Waals surface area contributed by atoms with Gasteiger partial charge in [0.05, 0.1) is 42.0 Å². The molecule has 1 aliphatic heterocycles. The molecule has 3 amide bonds. The van der Waals surface area contributed by atoms with Crippen LogP contribution in [0, 0.1) is 30.1 Å². The Balaban J connectivity index is 1.40. The van der Waals surface area contributed by atoms with Crippen LogP contribution in [0.3, 0.4) is 0 Å². The predicted octanol–water partition coefficient (Wildman–Crippen LogP) is 6.85. The zero-order valence-electron chi connectivity index (χ0n) is 37.4. The van der Waals surface area contributed by atoms with Gasteiger partial charge in [-0.2, -0.15) is 0 Å². The molecule has 2 aromatic heterocycles. The molecular formula is C45H61N5O9S2. The number of ether oxygens (including phenoxy) is 3. The third kappa shape index (κ3) is 9.16. The van der Waals surface area contributed by atoms with E-state index in [1.807, 2.05) is 51.3 Å². The van der Waals surface area contributed by atoms with Crippen LogP contribution < -0.4 is 19.5 Å². The monoisotopic (exact) mass is 879 g/mol. The van der Waals surface area contributed by atoms with Crippen molar-refractivity contribution in [1.29, 1.82) is 0 Å². The van der Waals surface area contributed by atoms with Crippen molar-refractivity contribution in [2.24, 2.45) is 23.2 Å². The predicted molar refractivity (Wildman–Crippen MR) is 235 cm³/mol. The number of sulfonamides is 1. The van der Waals surface area contributed by atoms with E-state index in [-0.39, 0.29) is 25.3 Å². The van der Waals surface area contributed by atoms with Gasteiger partial charge < -0.3 is 24.4 Å². The molecule has 332 valence electrons. The average Bonchev–Trinajstić information content (AvgIpc) is 3.98. The van der Waals surface area contributed by atoms with Crippen molar-refractivity contribution >= 4 is 56.0 Å². The average molecular weight is 880 g/mol. The number of pyridine rings is 1. The first-order valence-electron chi connectivity index (χ1n) is 20.9. The molecule has 3 heterocycles. The molecule has 0 unspecified atom stereocenters. The van der Waals surface area contributed by atoms with Crippen molar-refractivity contribution in [2.75, 3.05) is 13.7 Å². The second kappa shape index (κ2) is 16.3. The van der Waals surface area contributed by atoms with Crippen LogP contribution in [0.25, 0.3) is 21.6 Å². The summed E-state index contributed by atoms with van der Waals surface area (Å²) in [6.07, 6.45) is 1.48. The van der Waals surface area contributed by atoms with Crippen LogP contribution in [-0.4, -0.2) is 88.7 Å². The van der Waals surface area contributed by atoms with E-state index in [9.17, 15) is 27.6 Å². The fourth-order valence-electron chi connectivity index (χ4n) is 7.98. The minimum Gasteiger partial charge on any atom is -0.496 e. The van der Waals surface area contributed by atoms with Gasteiger partial charge in [0.15, 0.2) is 0 Å². The van der Waals surface area contributed by atoms with Gasteiger partial charge in [-0.1, -0.05) is 47.6 Å². The van der Waals surface area contributed by atoms with E-state index in [1.165, 1.54) is 22.3 Å². The first-order chi connectivity index (χ1) is 28.3. The van der Waals surface area contributed by atoms with Crippen molar-refractivity contribution in [3.8, 4) is 22.2 Å². The van der Waals surface area contributed by atoms with E-state index < -0.39 is 84.9 Å². The number of benzene rings is 1. The third-order valence-corrected chi connectivity index (χ3v) is 15.4. The highest BCUT2D eigenvalue weighted by Gasteiger charge is 2.63. The summed E-state index contributed by atoms with van der Waals surface area (Å²) in [6, 6.07) is 4.33. The lowest BCUT2D eigenvalue weighted by molar-refractivity contribution is -0.161. The number of nitrogens with zero attached hydrogens (tertiary/aromatic N) is 3. The van der Waals surface area contributed by atoms with E-state index in [2.05, 4.69) is 30.5 Å². The number of hydrogen-bond acceptors (Lipinski definition) is 12. The van der Waals surface area contributed by atoms with Crippen LogP contribution in [0.5, 0.6) is 11.5 Å². The Labute approximate surface area is 363 Å². The topological polar surface area (TPSA) is 183 Å². The van der Waals surface area contributed by atoms with Crippen molar-refractivity contribution in [1.82, 2.24) is 24.9 Å². The fraction of sp³-hybridized carbons (Fsp3) is 0.600. The largest absolute Gasteiger partial charge is 0.496 e. The van der Waals surface area contributed by atoms with Crippen LogP contribution >= 0.6 is 11.3 Å². The summed E-state index contributed by atoms with van der Waals surface area (Å²) in [7, 11) is -2.44. The van der Waals surface area contributed by atoms with Gasteiger partial charge in [0.25, 0.3) is 5.91 Å². The summed E-state index contributed by atoms with van der Waals surface area (Å²) in [4.78, 5) is 68.3. The van der Waals surface area contributed by atoms with Gasteiger partial charge in [-0.15, -0.1) is 17.9 Å². The molecule has 0 bridgehead atoms. The molecule has 1 saturated heterocycles. The quantitative estimate of drug-likeness (QED) is 0.128. The smallest absolute Gasteiger partial charge is 0.307 e. The molecule has 0 spiro atoms. The van der Waals surface area contributed by atoms with Crippen LogP contribution in [0.2, 0.25) is 0 Å². The molecule has 1 aromatic carbocycles. The number of esters is 1. The van der Waals surface area contributed by atoms with Gasteiger partial charge in [-0.05, 0) is 77.3 Å². The molecule has 14 nitrogen and oxygen atoms in total. The maximum atomic E-state index is 15.0. The lowest BCUT2D eigenvalue weighted by Gasteiger charge is -2.36. The normalized spacial score (nSPS) is 23.9. The molecule has 2 aliphatic carbocycles. The first kappa shape index (κ1) is 45.9. The molecule has 0 radical (unpaired) electrons. The van der Waals surface area contributed by atoms with E-state index in [0.717, 1.165) is 11.3 Å². The molecule has 6 rings (SSSR count). The number of carbonyl (C=O) groups is 4. The van der Waals surface area contributed by atoms with Crippen LogP contribution in [-0.2, 0) is 33.9 Å². The number of aryl methyl sites for hydroxylation is 1. The van der Waals surface area contributed by atoms with Crippen molar-refractivity contribution in [3.63, 3.8) is 0 Å². The van der Waals surface area contributed by atoms with E-state index in [0.29, 0.717) is 45.9 Å². The van der Waals surface area contributed by atoms with Crippen molar-refractivity contribution < 1.29 is 41.8 Å². The summed E-state index contributed by atoms with van der Waals surface area (Å²) in [5.74, 6) is -3.34. The number of likely N-dealkylation sites (tertiary alicyclic amines) is 1. The minimum atomic E-state index is -4.03. The second-order valence-electron chi connectivity index (χ2n) is 19.6. The summed E-state index contributed by atoms with van der Waals surface area (Å²) in [6.45, 7) is 24.0. The third-order valence-electron chi connectivity index (χ3n) is 12.3. The minimum absolute atomic E-state index is 0.0428. The van der Waals surface area contributed by atoms with E-state index >= 15 is 0 Å². The van der Waals surface area contributed by atoms with Gasteiger partial charge in [0.1, 0.15) is 45.5 Å². The number of methoxy groups -OCH3 is 1. The van der Waals surface area contributed by atoms with Gasteiger partial charge in [-0.3, -0.25) is 23.9 Å². The lowest BCUT2D eigenvalue weighted by atomic mass is 9.77. The Morgan fingerprint density at radius 2 is 1.75 bits per heavy atom. The standard InChI is InChI=1S/C45H61N5O9S2/c1-14-27-21-45(27,41(54)49-61(55,56)44(12)17-18-44)48-38(52)37-26(5)34(22-50(37)40(53)29(42(6,7)8)19-35(51)59-43(9,10)11)58-33-20-30(39-47-31(23-60-39)24(2)3)46-36-25(4)32(57-13)16-15-28(33)36/h14-16,20,23-24,26-27,29,34,37H,1,17-19,21-22H2,2-13H3,(H,48,52)(H,49,54)/t26-,27-,29-,34+,37+,45-/m1/s1. The molecule has 3 aliphatic rings. The zero-order valence-corrected chi connectivity index (χ0v) is 39.1. The van der Waals surface area contributed by atoms with Crippen molar-refractivity contribution in [3.05, 3.63) is 47.5 Å². The van der Waals surface area contributed by atoms with E-state index in [1.54, 1.807) is 41.7 Å². The molecule has 2 N–H and O–H groups in total. The summed E-state index contributed by atoms with van der Waals surface area (Å²) in [5.41, 5.74) is -0.191. The maximum absolute atomic E-state index is 15.0. The molecule has 3 fully saturated rings. The first-order valence-corrected chi connectivity index (χ1v) is 23.3. The molecule has 3 aromatic rings. The van der Waals surface area contributed by atoms with E-state index in [4.69, 9.17) is 24.2 Å². The SMILES string of the molecule is C=C[C@@H]1C[C@]1(NC(=O)[C@@H]1[C@H](C)[C@@H](Oc2cc(-c3nc(C(C)C)cs3)nc3c(C)c(OC)ccc23)CN1C(=O)[C@@H](CC(=O)OC(C)(C)C)C(C)(C)C)C(=O)NS(=O)(=O)C1(C)CC1. The van der Waals surface area contributed by atoms with Crippen LogP contribution in [0.15, 0.2) is 36.2 Å². The van der Waals surface area contributed by atoms with Gasteiger partial charge in [-0.25, -0.2) is 18.4 Å². The van der Waals surface area contributed by atoms with Crippen LogP contribution in [0.1, 0.15) is 112 Å². The number of hydrogen-bond donors (Lipinski definition) is 2. The summed E-state index contributed by atoms with van der Waals surface area (Å²) < 4.78 is 45.8. The molecular weight excluding hydrogens is 819 g/mol. The molecule has 61 heavy (non-hydrogen) atoms. The maximum Gasteiger partial charge on any atom is 0.307 e. The van der Waals surface area contributed by atoms with Crippen LogP contribution in [0.4, 0.5) is 0 Å². The number of amides is 3. The Morgan fingerprint density at radius 3 is 2.30 bits per heavy atom. The van der Waals surface area contributed by atoms with Gasteiger partial charge >= 0.3 is 5.97 Å². The fourth-order valence-corrected chi connectivity index (χ4v) is 10.2. The second-order valence-corrected chi connectivity index (χ2v) is 22.6. The highest BCUT2D eigenvalue weighted by atomic mass is 32.2. The Bertz CT molecular complexity index is 2360. The molecule has 16 heteroatoms. The number of rotatable bonds is 14. The summed E-state index contributed by atoms with van der Waals surface area (Å²) in [5, 5.41) is 6.28.